The van der Waals surface area contributed by atoms with Crippen molar-refractivity contribution in [2.24, 2.45) is 0 Å². The second kappa shape index (κ2) is 14.8. The van der Waals surface area contributed by atoms with Crippen LogP contribution in [0.4, 0.5) is 23.9 Å². The van der Waals surface area contributed by atoms with Crippen LogP contribution in [-0.4, -0.2) is 110 Å². The number of carbonyl (C=O) groups is 1. The lowest BCUT2D eigenvalue weighted by atomic mass is 9.93. The predicted octanol–water partition coefficient (Wildman–Crippen LogP) is 6.46. The van der Waals surface area contributed by atoms with Crippen molar-refractivity contribution in [3.63, 3.8) is 0 Å². The lowest BCUT2D eigenvalue weighted by Gasteiger charge is -2.42. The zero-order valence-corrected chi connectivity index (χ0v) is 28.9. The number of aliphatic hydroxyl groups excluding tert-OH is 1. The maximum Gasteiger partial charge on any atom is 0.410 e. The van der Waals surface area contributed by atoms with Crippen LogP contribution in [0.3, 0.4) is 0 Å². The van der Waals surface area contributed by atoms with Gasteiger partial charge in [0.2, 0.25) is 5.95 Å². The molecule has 3 aromatic rings. The van der Waals surface area contributed by atoms with Gasteiger partial charge in [0.05, 0.1) is 12.5 Å². The summed E-state index contributed by atoms with van der Waals surface area (Å²) in [6.45, 7) is 11.8. The SMILES string of the molecule is CC(C)(C)OC(=O)N1CCC(N2CCN(Cc3ccc(-c4cn([C@H]5CC[C@H](O)CC5)c5nc(NCCC(F)(F)F)ncc45)cc3)CC2)CC1. The number of hydrogen-bond donors (Lipinski definition) is 2. The number of anilines is 1. The summed E-state index contributed by atoms with van der Waals surface area (Å²) in [4.78, 5) is 28.4. The fraction of sp³-hybridized carbons (Fsp3) is 0.639. The number of aliphatic hydroxyl groups is 1. The number of nitrogens with one attached hydrogen (secondary N) is 1. The number of benzene rings is 1. The van der Waals surface area contributed by atoms with Crippen LogP contribution in [0.5, 0.6) is 0 Å². The van der Waals surface area contributed by atoms with Crippen LogP contribution in [0.15, 0.2) is 36.7 Å². The van der Waals surface area contributed by atoms with Crippen LogP contribution in [0, 0.1) is 0 Å². The van der Waals surface area contributed by atoms with Crippen molar-refractivity contribution in [1.82, 2.24) is 29.2 Å². The maximum atomic E-state index is 12.7. The monoisotopic (exact) mass is 685 g/mol. The summed E-state index contributed by atoms with van der Waals surface area (Å²) in [7, 11) is 0. The summed E-state index contributed by atoms with van der Waals surface area (Å²) in [5.41, 5.74) is 3.47. The van der Waals surface area contributed by atoms with Gasteiger partial charge in [-0.1, -0.05) is 24.3 Å². The van der Waals surface area contributed by atoms with Crippen molar-refractivity contribution in [2.45, 2.75) is 102 Å². The molecule has 0 spiro atoms. The number of hydrogen-bond acceptors (Lipinski definition) is 8. The van der Waals surface area contributed by atoms with Gasteiger partial charge in [0.25, 0.3) is 0 Å². The van der Waals surface area contributed by atoms with Crippen LogP contribution in [0.1, 0.15) is 77.3 Å². The van der Waals surface area contributed by atoms with E-state index in [1.165, 1.54) is 5.56 Å². The topological polar surface area (TPSA) is 99.0 Å². The van der Waals surface area contributed by atoms with E-state index >= 15 is 0 Å². The van der Waals surface area contributed by atoms with Crippen molar-refractivity contribution >= 4 is 23.1 Å². The predicted molar refractivity (Wildman–Crippen MR) is 183 cm³/mol. The standard InChI is InChI=1S/C36H50F3N7O3/c1-35(2,3)49-34(48)45-16-12-27(13-17-45)44-20-18-43(19-21-44)23-25-4-6-26(7-5-25)31-24-46(28-8-10-29(47)11-9-28)32-30(31)22-41-33(42-32)40-15-14-36(37,38)39/h4-7,22,24,27-29,47H,8-21,23H2,1-3H3,(H,40,41,42)/t28-,29-. The highest BCUT2D eigenvalue weighted by Gasteiger charge is 2.31. The van der Waals surface area contributed by atoms with Gasteiger partial charge in [0, 0.05) is 87.8 Å². The van der Waals surface area contributed by atoms with Gasteiger partial charge in [-0.25, -0.2) is 9.78 Å². The Morgan fingerprint density at radius 2 is 1.61 bits per heavy atom. The number of amides is 1. The average molecular weight is 686 g/mol. The molecule has 2 aliphatic heterocycles. The highest BCUT2D eigenvalue weighted by atomic mass is 19.4. The van der Waals surface area contributed by atoms with Gasteiger partial charge in [-0.2, -0.15) is 18.2 Å². The van der Waals surface area contributed by atoms with Crippen molar-refractivity contribution in [2.75, 3.05) is 51.1 Å². The number of likely N-dealkylation sites (tertiary alicyclic amines) is 1. The van der Waals surface area contributed by atoms with E-state index in [4.69, 9.17) is 4.74 Å². The Morgan fingerprint density at radius 1 is 0.939 bits per heavy atom. The number of piperidine rings is 1. The molecule has 1 aliphatic carbocycles. The van der Waals surface area contributed by atoms with Gasteiger partial charge in [0.1, 0.15) is 11.2 Å². The van der Waals surface area contributed by atoms with Gasteiger partial charge in [-0.3, -0.25) is 9.80 Å². The quantitative estimate of drug-likeness (QED) is 0.279. The van der Waals surface area contributed by atoms with Crippen LogP contribution < -0.4 is 5.32 Å². The lowest BCUT2D eigenvalue weighted by molar-refractivity contribution is -0.131. The van der Waals surface area contributed by atoms with Gasteiger partial charge in [-0.15, -0.1) is 0 Å². The van der Waals surface area contributed by atoms with Crippen molar-refractivity contribution in [1.29, 1.82) is 0 Å². The summed E-state index contributed by atoms with van der Waals surface area (Å²) in [6.07, 6.45) is 3.05. The van der Waals surface area contributed by atoms with Crippen LogP contribution in [0.25, 0.3) is 22.2 Å². The molecule has 0 bridgehead atoms. The van der Waals surface area contributed by atoms with E-state index in [0.29, 0.717) is 24.5 Å². The Kier molecular flexibility index (Phi) is 10.7. The molecule has 3 fully saturated rings. The molecule has 2 saturated heterocycles. The molecule has 3 aliphatic rings. The molecule has 1 amide bonds. The fourth-order valence-electron chi connectivity index (χ4n) is 7.35. The molecular formula is C36H50F3N7O3. The zero-order valence-electron chi connectivity index (χ0n) is 28.9. The van der Waals surface area contributed by atoms with Crippen LogP contribution >= 0.6 is 0 Å². The molecule has 49 heavy (non-hydrogen) atoms. The number of fused-ring (bicyclic) bond motifs is 1. The Hall–Kier alpha value is -3.42. The van der Waals surface area contributed by atoms with E-state index in [1.807, 2.05) is 25.7 Å². The minimum absolute atomic E-state index is 0.146. The first-order chi connectivity index (χ1) is 23.3. The van der Waals surface area contributed by atoms with E-state index in [-0.39, 0.29) is 30.7 Å². The number of alkyl halides is 3. The van der Waals surface area contributed by atoms with Crippen molar-refractivity contribution < 1.29 is 27.8 Å². The van der Waals surface area contributed by atoms with E-state index < -0.39 is 18.2 Å². The normalized spacial score (nSPS) is 22.1. The smallest absolute Gasteiger partial charge is 0.410 e. The molecule has 2 aromatic heterocycles. The second-order valence-electron chi connectivity index (χ2n) is 14.8. The number of nitrogens with zero attached hydrogens (tertiary/aromatic N) is 6. The summed E-state index contributed by atoms with van der Waals surface area (Å²) < 4.78 is 45.9. The molecule has 13 heteroatoms. The molecule has 10 nitrogen and oxygen atoms in total. The second-order valence-corrected chi connectivity index (χ2v) is 14.8. The Bertz CT molecular complexity index is 1550. The minimum atomic E-state index is -4.25. The van der Waals surface area contributed by atoms with Crippen LogP contribution in [-0.2, 0) is 11.3 Å². The first-order valence-electron chi connectivity index (χ1n) is 17.7. The maximum absolute atomic E-state index is 12.7. The van der Waals surface area contributed by atoms with Gasteiger partial charge >= 0.3 is 12.3 Å². The van der Waals surface area contributed by atoms with E-state index in [1.54, 1.807) is 6.20 Å². The molecular weight excluding hydrogens is 635 g/mol. The van der Waals surface area contributed by atoms with Crippen molar-refractivity contribution in [3.05, 3.63) is 42.2 Å². The first kappa shape index (κ1) is 35.4. The molecule has 4 heterocycles. The average Bonchev–Trinajstić information content (AvgIpc) is 3.43. The van der Waals surface area contributed by atoms with Crippen molar-refractivity contribution in [3.8, 4) is 11.1 Å². The number of ether oxygens (including phenoxy) is 1. The summed E-state index contributed by atoms with van der Waals surface area (Å²) in [5.74, 6) is 0.181. The van der Waals surface area contributed by atoms with Gasteiger partial charge in [-0.05, 0) is 70.4 Å². The minimum Gasteiger partial charge on any atom is -0.444 e. The first-order valence-corrected chi connectivity index (χ1v) is 17.7. The highest BCUT2D eigenvalue weighted by molar-refractivity contribution is 5.94. The van der Waals surface area contributed by atoms with E-state index in [9.17, 15) is 23.1 Å². The Morgan fingerprint density at radius 3 is 2.24 bits per heavy atom. The third-order valence-electron chi connectivity index (χ3n) is 10.0. The largest absolute Gasteiger partial charge is 0.444 e. The Labute approximate surface area is 286 Å². The lowest BCUT2D eigenvalue weighted by Crippen LogP contribution is -2.53. The molecule has 0 unspecified atom stereocenters. The summed E-state index contributed by atoms with van der Waals surface area (Å²) in [5, 5.41) is 13.7. The number of aromatic nitrogens is 3. The number of rotatable bonds is 8. The highest BCUT2D eigenvalue weighted by Crippen LogP contribution is 2.37. The molecule has 1 aromatic carbocycles. The number of carbonyl (C=O) groups excluding carboxylic acids is 1. The molecule has 2 N–H and O–H groups in total. The molecule has 268 valence electrons. The zero-order chi connectivity index (χ0) is 34.8. The van der Waals surface area contributed by atoms with Crippen LogP contribution in [0.2, 0.25) is 0 Å². The van der Waals surface area contributed by atoms with E-state index in [2.05, 4.69) is 60.1 Å². The molecule has 0 radical (unpaired) electrons. The van der Waals surface area contributed by atoms with Gasteiger partial charge < -0.3 is 24.6 Å². The molecule has 6 rings (SSSR count). The fourth-order valence-corrected chi connectivity index (χ4v) is 7.35. The summed E-state index contributed by atoms with van der Waals surface area (Å²) in [6, 6.07) is 9.24. The van der Waals surface area contributed by atoms with E-state index in [0.717, 1.165) is 88.0 Å². The third kappa shape index (κ3) is 9.23. The summed E-state index contributed by atoms with van der Waals surface area (Å²) >= 11 is 0. The van der Waals surface area contributed by atoms with Gasteiger partial charge in [0.15, 0.2) is 0 Å². The Balaban J connectivity index is 1.07. The number of piperazine rings is 1. The molecule has 0 atom stereocenters. The number of halogens is 3. The third-order valence-corrected chi connectivity index (χ3v) is 10.0. The molecule has 1 saturated carbocycles.